The van der Waals surface area contributed by atoms with Gasteiger partial charge in [-0.05, 0) is 52.7 Å². The van der Waals surface area contributed by atoms with Crippen LogP contribution < -0.4 is 14.8 Å². The Labute approximate surface area is 137 Å². The van der Waals surface area contributed by atoms with Gasteiger partial charge in [0.25, 0.3) is 0 Å². The van der Waals surface area contributed by atoms with Crippen molar-refractivity contribution in [2.45, 2.75) is 13.5 Å². The van der Waals surface area contributed by atoms with Gasteiger partial charge >= 0.3 is 0 Å². The largest absolute Gasteiger partial charge is 0.493 e. The molecular formula is C15H16BrClN2O2. The van der Waals surface area contributed by atoms with E-state index in [-0.39, 0.29) is 0 Å². The molecule has 6 heteroatoms. The van der Waals surface area contributed by atoms with Crippen molar-refractivity contribution in [3.05, 3.63) is 45.5 Å². The van der Waals surface area contributed by atoms with Crippen LogP contribution in [0.5, 0.6) is 11.5 Å². The van der Waals surface area contributed by atoms with Gasteiger partial charge in [0.05, 0.1) is 18.2 Å². The first-order valence-electron chi connectivity index (χ1n) is 6.49. The smallest absolute Gasteiger partial charge is 0.175 e. The number of anilines is 1. The van der Waals surface area contributed by atoms with Crippen LogP contribution in [0.25, 0.3) is 0 Å². The monoisotopic (exact) mass is 370 g/mol. The van der Waals surface area contributed by atoms with Gasteiger partial charge in [-0.3, -0.25) is 0 Å². The van der Waals surface area contributed by atoms with E-state index in [1.807, 2.05) is 31.2 Å². The van der Waals surface area contributed by atoms with E-state index in [0.29, 0.717) is 29.8 Å². The maximum atomic E-state index is 5.86. The molecule has 1 aromatic heterocycles. The van der Waals surface area contributed by atoms with Gasteiger partial charge in [-0.25, -0.2) is 4.98 Å². The van der Waals surface area contributed by atoms with Gasteiger partial charge in [-0.2, -0.15) is 0 Å². The molecule has 0 aliphatic heterocycles. The minimum Gasteiger partial charge on any atom is -0.493 e. The topological polar surface area (TPSA) is 43.4 Å². The molecule has 0 aliphatic rings. The van der Waals surface area contributed by atoms with Crippen molar-refractivity contribution in [3.8, 4) is 11.5 Å². The highest BCUT2D eigenvalue weighted by molar-refractivity contribution is 9.10. The molecule has 0 amide bonds. The molecule has 1 N–H and O–H groups in total. The zero-order chi connectivity index (χ0) is 15.2. The van der Waals surface area contributed by atoms with Crippen molar-refractivity contribution in [3.63, 3.8) is 0 Å². The van der Waals surface area contributed by atoms with Gasteiger partial charge in [0.1, 0.15) is 11.0 Å². The summed E-state index contributed by atoms with van der Waals surface area (Å²) in [5.41, 5.74) is 1.05. The SMILES string of the molecule is CCOc1c(Br)cc(CNc2cccc(Cl)n2)cc1OC. The normalized spacial score (nSPS) is 10.3. The van der Waals surface area contributed by atoms with Crippen LogP contribution in [0.1, 0.15) is 12.5 Å². The second-order valence-electron chi connectivity index (χ2n) is 4.24. The lowest BCUT2D eigenvalue weighted by molar-refractivity contribution is 0.308. The molecule has 0 unspecified atom stereocenters. The number of nitrogens with zero attached hydrogens (tertiary/aromatic N) is 1. The third kappa shape index (κ3) is 4.25. The summed E-state index contributed by atoms with van der Waals surface area (Å²) >= 11 is 9.37. The van der Waals surface area contributed by atoms with Crippen LogP contribution in [0.15, 0.2) is 34.8 Å². The van der Waals surface area contributed by atoms with Gasteiger partial charge < -0.3 is 14.8 Å². The molecule has 1 heterocycles. The Balaban J connectivity index is 2.15. The minimum absolute atomic E-state index is 0.463. The number of methoxy groups -OCH3 is 1. The highest BCUT2D eigenvalue weighted by atomic mass is 79.9. The first-order valence-corrected chi connectivity index (χ1v) is 7.66. The fourth-order valence-corrected chi connectivity index (χ4v) is 2.63. The molecule has 0 spiro atoms. The van der Waals surface area contributed by atoms with Gasteiger partial charge in [0.2, 0.25) is 0 Å². The number of hydrogen-bond acceptors (Lipinski definition) is 4. The lowest BCUT2D eigenvalue weighted by Crippen LogP contribution is -2.03. The summed E-state index contributed by atoms with van der Waals surface area (Å²) in [6, 6.07) is 9.39. The molecule has 0 saturated heterocycles. The average molecular weight is 372 g/mol. The van der Waals surface area contributed by atoms with E-state index in [9.17, 15) is 0 Å². The molecule has 0 fully saturated rings. The van der Waals surface area contributed by atoms with Crippen LogP contribution >= 0.6 is 27.5 Å². The van der Waals surface area contributed by atoms with Gasteiger partial charge in [0, 0.05) is 6.54 Å². The number of benzene rings is 1. The zero-order valence-corrected chi connectivity index (χ0v) is 14.2. The Hall–Kier alpha value is -1.46. The highest BCUT2D eigenvalue weighted by Gasteiger charge is 2.11. The number of aromatic nitrogens is 1. The van der Waals surface area contributed by atoms with E-state index in [2.05, 4.69) is 26.2 Å². The van der Waals surface area contributed by atoms with Crippen molar-refractivity contribution in [1.29, 1.82) is 0 Å². The predicted octanol–water partition coefficient (Wildman–Crippen LogP) is 4.52. The van der Waals surface area contributed by atoms with Crippen molar-refractivity contribution >= 4 is 33.3 Å². The number of pyridine rings is 1. The Morgan fingerprint density at radius 1 is 1.33 bits per heavy atom. The number of nitrogens with one attached hydrogen (secondary N) is 1. The maximum Gasteiger partial charge on any atom is 0.175 e. The summed E-state index contributed by atoms with van der Waals surface area (Å²) in [6.07, 6.45) is 0. The lowest BCUT2D eigenvalue weighted by atomic mass is 10.2. The minimum atomic E-state index is 0.463. The second kappa shape index (κ2) is 7.52. The predicted molar refractivity (Wildman–Crippen MR) is 88.4 cm³/mol. The van der Waals surface area contributed by atoms with Crippen molar-refractivity contribution < 1.29 is 9.47 Å². The quantitative estimate of drug-likeness (QED) is 0.758. The van der Waals surface area contributed by atoms with Crippen LogP contribution in [0, 0.1) is 0 Å². The number of hydrogen-bond donors (Lipinski definition) is 1. The van der Waals surface area contributed by atoms with Crippen LogP contribution in [0.2, 0.25) is 5.15 Å². The van der Waals surface area contributed by atoms with Gasteiger partial charge in [-0.1, -0.05) is 17.7 Å². The highest BCUT2D eigenvalue weighted by Crippen LogP contribution is 2.36. The van der Waals surface area contributed by atoms with E-state index in [4.69, 9.17) is 21.1 Å². The van der Waals surface area contributed by atoms with Crippen molar-refractivity contribution in [2.75, 3.05) is 19.0 Å². The average Bonchev–Trinajstić information content (AvgIpc) is 2.47. The molecule has 112 valence electrons. The fraction of sp³-hybridized carbons (Fsp3) is 0.267. The Kier molecular flexibility index (Phi) is 5.70. The Morgan fingerprint density at radius 3 is 2.81 bits per heavy atom. The van der Waals surface area contributed by atoms with E-state index in [0.717, 1.165) is 15.9 Å². The summed E-state index contributed by atoms with van der Waals surface area (Å²) in [6.45, 7) is 3.12. The lowest BCUT2D eigenvalue weighted by Gasteiger charge is -2.14. The summed E-state index contributed by atoms with van der Waals surface area (Å²) in [5.74, 6) is 2.14. The Morgan fingerprint density at radius 2 is 2.14 bits per heavy atom. The molecule has 0 atom stereocenters. The fourth-order valence-electron chi connectivity index (χ4n) is 1.86. The molecule has 21 heavy (non-hydrogen) atoms. The molecule has 0 radical (unpaired) electrons. The second-order valence-corrected chi connectivity index (χ2v) is 5.48. The molecule has 0 saturated carbocycles. The molecule has 2 aromatic rings. The van der Waals surface area contributed by atoms with Crippen LogP contribution in [-0.2, 0) is 6.54 Å². The van der Waals surface area contributed by atoms with Gasteiger partial charge in [-0.15, -0.1) is 0 Å². The maximum absolute atomic E-state index is 5.86. The molecular weight excluding hydrogens is 356 g/mol. The standard InChI is InChI=1S/C15H16BrClN2O2/c1-3-21-15-11(16)7-10(8-12(15)20-2)9-18-14-6-4-5-13(17)19-14/h4-8H,3,9H2,1-2H3,(H,18,19). The van der Waals surface area contributed by atoms with Crippen LogP contribution in [0.4, 0.5) is 5.82 Å². The summed E-state index contributed by atoms with van der Waals surface area (Å²) in [4.78, 5) is 4.19. The van der Waals surface area contributed by atoms with Gasteiger partial charge in [0.15, 0.2) is 11.5 Å². The zero-order valence-electron chi connectivity index (χ0n) is 11.8. The summed E-state index contributed by atoms with van der Waals surface area (Å²) in [7, 11) is 1.63. The summed E-state index contributed by atoms with van der Waals surface area (Å²) in [5, 5.41) is 3.68. The third-order valence-electron chi connectivity index (χ3n) is 2.77. The molecule has 4 nitrogen and oxygen atoms in total. The van der Waals surface area contributed by atoms with E-state index >= 15 is 0 Å². The molecule has 0 bridgehead atoms. The third-order valence-corrected chi connectivity index (χ3v) is 3.57. The Bertz CT molecular complexity index is 623. The number of ether oxygens (including phenoxy) is 2. The first-order chi connectivity index (χ1) is 10.1. The van der Waals surface area contributed by atoms with E-state index in [1.54, 1.807) is 13.2 Å². The molecule has 0 aliphatic carbocycles. The first kappa shape index (κ1) is 15.9. The van der Waals surface area contributed by atoms with Crippen LogP contribution in [-0.4, -0.2) is 18.7 Å². The summed E-state index contributed by atoms with van der Waals surface area (Å²) < 4.78 is 11.8. The van der Waals surface area contributed by atoms with Crippen molar-refractivity contribution in [1.82, 2.24) is 4.98 Å². The van der Waals surface area contributed by atoms with E-state index < -0.39 is 0 Å². The number of halogens is 2. The molecule has 2 rings (SSSR count). The van der Waals surface area contributed by atoms with Crippen LogP contribution in [0.3, 0.4) is 0 Å². The molecule has 1 aromatic carbocycles. The van der Waals surface area contributed by atoms with Crippen molar-refractivity contribution in [2.24, 2.45) is 0 Å². The van der Waals surface area contributed by atoms with E-state index in [1.165, 1.54) is 0 Å². The number of rotatable bonds is 6.